The number of aromatic nitrogens is 2. The fraction of sp³-hybridized carbons (Fsp3) is 0.348. The van der Waals surface area contributed by atoms with Gasteiger partial charge in [-0.3, -0.25) is 19.5 Å². The molecule has 2 aromatic heterocycles. The van der Waals surface area contributed by atoms with Gasteiger partial charge in [0.2, 0.25) is 0 Å². The molecule has 3 heterocycles. The van der Waals surface area contributed by atoms with Crippen molar-refractivity contribution in [3.8, 4) is 0 Å². The maximum atomic E-state index is 14.7. The van der Waals surface area contributed by atoms with E-state index in [4.69, 9.17) is 11.6 Å². The zero-order chi connectivity index (χ0) is 22.8. The van der Waals surface area contributed by atoms with Crippen LogP contribution in [0.4, 0.5) is 10.1 Å². The van der Waals surface area contributed by atoms with Gasteiger partial charge in [0.05, 0.1) is 27.3 Å². The van der Waals surface area contributed by atoms with E-state index >= 15 is 0 Å². The second-order valence-corrected chi connectivity index (χ2v) is 8.29. The maximum Gasteiger partial charge on any atom is 0.252 e. The first-order chi connectivity index (χ1) is 15.4. The van der Waals surface area contributed by atoms with Crippen molar-refractivity contribution in [2.24, 2.45) is 0 Å². The summed E-state index contributed by atoms with van der Waals surface area (Å²) in [7, 11) is 1.48. The van der Waals surface area contributed by atoms with Crippen LogP contribution in [0.15, 0.2) is 35.3 Å². The third-order valence-corrected chi connectivity index (χ3v) is 6.15. The van der Waals surface area contributed by atoms with Gasteiger partial charge in [0.1, 0.15) is 5.82 Å². The highest BCUT2D eigenvalue weighted by Gasteiger charge is 2.22. The van der Waals surface area contributed by atoms with Crippen LogP contribution in [-0.4, -0.2) is 54.0 Å². The zero-order valence-corrected chi connectivity index (χ0v) is 18.8. The SMILES string of the molecule is CCc1cc2ncc(CN3CCN(c4cc(Cl)c(C(=O)NC)cc4F)CC3)cc2[nH]c1=O. The van der Waals surface area contributed by atoms with E-state index in [1.807, 2.05) is 30.2 Å². The number of piperazine rings is 1. The number of benzene rings is 1. The summed E-state index contributed by atoms with van der Waals surface area (Å²) in [6.07, 6.45) is 2.50. The molecule has 0 spiro atoms. The molecule has 9 heteroatoms. The number of halogens is 2. The first kappa shape index (κ1) is 22.2. The number of pyridine rings is 2. The number of fused-ring (bicyclic) bond motifs is 1. The molecule has 0 saturated carbocycles. The lowest BCUT2D eigenvalue weighted by atomic mass is 10.1. The summed E-state index contributed by atoms with van der Waals surface area (Å²) < 4.78 is 14.7. The number of anilines is 1. The highest BCUT2D eigenvalue weighted by Crippen LogP contribution is 2.28. The lowest BCUT2D eigenvalue weighted by molar-refractivity contribution is 0.0963. The number of aromatic amines is 1. The van der Waals surface area contributed by atoms with Gasteiger partial charge in [-0.15, -0.1) is 0 Å². The van der Waals surface area contributed by atoms with Crippen LogP contribution in [0.1, 0.15) is 28.4 Å². The summed E-state index contributed by atoms with van der Waals surface area (Å²) in [5.41, 5.74) is 3.70. The molecule has 3 aromatic rings. The molecule has 2 N–H and O–H groups in total. The summed E-state index contributed by atoms with van der Waals surface area (Å²) >= 11 is 6.21. The largest absolute Gasteiger partial charge is 0.367 e. The molecular formula is C23H25ClFN5O2. The van der Waals surface area contributed by atoms with Crippen molar-refractivity contribution in [1.82, 2.24) is 20.2 Å². The Bertz CT molecular complexity index is 1220. The van der Waals surface area contributed by atoms with Crippen molar-refractivity contribution in [2.75, 3.05) is 38.1 Å². The van der Waals surface area contributed by atoms with Gasteiger partial charge >= 0.3 is 0 Å². The standard InChI is InChI=1S/C23H25ClFN5O2/c1-3-15-9-19-20(28-22(15)31)8-14(12-27-19)13-29-4-6-30(7-5-29)21-11-17(24)16(10-18(21)25)23(32)26-2/h8-12H,3-7,13H2,1-2H3,(H,26,32)(H,28,31). The second kappa shape index (κ2) is 9.26. The van der Waals surface area contributed by atoms with E-state index in [9.17, 15) is 14.0 Å². The quantitative estimate of drug-likeness (QED) is 0.615. The Hall–Kier alpha value is -2.97. The molecule has 168 valence electrons. The minimum Gasteiger partial charge on any atom is -0.367 e. The third kappa shape index (κ3) is 4.47. The van der Waals surface area contributed by atoms with E-state index < -0.39 is 11.7 Å². The van der Waals surface area contributed by atoms with Gasteiger partial charge in [-0.1, -0.05) is 18.5 Å². The van der Waals surface area contributed by atoms with Crippen LogP contribution < -0.4 is 15.8 Å². The van der Waals surface area contributed by atoms with Crippen LogP contribution >= 0.6 is 11.6 Å². The molecule has 0 aliphatic carbocycles. The van der Waals surface area contributed by atoms with E-state index in [1.54, 1.807) is 0 Å². The Morgan fingerprint density at radius 3 is 2.66 bits per heavy atom. The Morgan fingerprint density at radius 2 is 1.97 bits per heavy atom. The average Bonchev–Trinajstić information content (AvgIpc) is 2.80. The third-order valence-electron chi connectivity index (χ3n) is 5.83. The van der Waals surface area contributed by atoms with Gasteiger partial charge in [0.25, 0.3) is 11.5 Å². The van der Waals surface area contributed by atoms with Crippen LogP contribution in [0.2, 0.25) is 5.02 Å². The van der Waals surface area contributed by atoms with E-state index in [-0.39, 0.29) is 16.1 Å². The Morgan fingerprint density at radius 1 is 1.22 bits per heavy atom. The van der Waals surface area contributed by atoms with Gasteiger partial charge < -0.3 is 15.2 Å². The minimum absolute atomic E-state index is 0.0734. The molecule has 7 nitrogen and oxygen atoms in total. The summed E-state index contributed by atoms with van der Waals surface area (Å²) in [4.78, 5) is 35.5. The predicted octanol–water partition coefficient (Wildman–Crippen LogP) is 2.96. The van der Waals surface area contributed by atoms with Gasteiger partial charge in [0.15, 0.2) is 0 Å². The average molecular weight is 458 g/mol. The lowest BCUT2D eigenvalue weighted by Gasteiger charge is -2.36. The minimum atomic E-state index is -0.462. The molecule has 4 rings (SSSR count). The van der Waals surface area contributed by atoms with Gasteiger partial charge in [0, 0.05) is 51.5 Å². The maximum absolute atomic E-state index is 14.7. The van der Waals surface area contributed by atoms with Crippen molar-refractivity contribution in [2.45, 2.75) is 19.9 Å². The smallest absolute Gasteiger partial charge is 0.252 e. The highest BCUT2D eigenvalue weighted by molar-refractivity contribution is 6.34. The number of hydrogen-bond donors (Lipinski definition) is 2. The fourth-order valence-electron chi connectivity index (χ4n) is 4.01. The normalized spacial score (nSPS) is 14.7. The van der Waals surface area contributed by atoms with E-state index in [0.717, 1.165) is 35.2 Å². The number of H-pyrrole nitrogens is 1. The molecule has 0 unspecified atom stereocenters. The van der Waals surface area contributed by atoms with Gasteiger partial charge in [-0.2, -0.15) is 0 Å². The van der Waals surface area contributed by atoms with E-state index in [0.29, 0.717) is 31.7 Å². The van der Waals surface area contributed by atoms with Crippen LogP contribution in [0.25, 0.3) is 11.0 Å². The Balaban J connectivity index is 1.44. The number of amides is 1. The molecule has 1 aliphatic heterocycles. The first-order valence-electron chi connectivity index (χ1n) is 10.6. The van der Waals surface area contributed by atoms with Crippen molar-refractivity contribution in [1.29, 1.82) is 0 Å². The molecule has 1 amide bonds. The van der Waals surface area contributed by atoms with E-state index in [1.165, 1.54) is 19.2 Å². The molecule has 1 saturated heterocycles. The van der Waals surface area contributed by atoms with Crippen LogP contribution in [0.3, 0.4) is 0 Å². The Kier molecular flexibility index (Phi) is 6.43. The summed E-state index contributed by atoms with van der Waals surface area (Å²) in [6.45, 7) is 5.36. The van der Waals surface area contributed by atoms with Gasteiger partial charge in [-0.25, -0.2) is 4.39 Å². The molecule has 0 radical (unpaired) electrons. The van der Waals surface area contributed by atoms with Crippen molar-refractivity contribution in [3.05, 3.63) is 68.3 Å². The molecule has 1 fully saturated rings. The topological polar surface area (TPSA) is 81.3 Å². The van der Waals surface area contributed by atoms with Gasteiger partial charge in [-0.05, 0) is 36.2 Å². The summed E-state index contributed by atoms with van der Waals surface area (Å²) in [5, 5.41) is 2.69. The molecule has 1 aliphatic rings. The zero-order valence-electron chi connectivity index (χ0n) is 18.0. The number of nitrogens with zero attached hydrogens (tertiary/aromatic N) is 3. The lowest BCUT2D eigenvalue weighted by Crippen LogP contribution is -2.46. The van der Waals surface area contributed by atoms with Crippen molar-refractivity contribution in [3.63, 3.8) is 0 Å². The summed E-state index contributed by atoms with van der Waals surface area (Å²) in [5.74, 6) is -0.878. The van der Waals surface area contributed by atoms with Crippen molar-refractivity contribution >= 4 is 34.2 Å². The summed E-state index contributed by atoms with van der Waals surface area (Å²) in [6, 6.07) is 6.51. The monoisotopic (exact) mass is 457 g/mol. The number of carbonyl (C=O) groups excluding carboxylic acids is 1. The predicted molar refractivity (Wildman–Crippen MR) is 124 cm³/mol. The molecule has 32 heavy (non-hydrogen) atoms. The fourth-order valence-corrected chi connectivity index (χ4v) is 4.25. The van der Waals surface area contributed by atoms with E-state index in [2.05, 4.69) is 20.2 Å². The second-order valence-electron chi connectivity index (χ2n) is 7.88. The molecular weight excluding hydrogens is 433 g/mol. The number of aryl methyl sites for hydroxylation is 1. The highest BCUT2D eigenvalue weighted by atomic mass is 35.5. The molecule has 0 atom stereocenters. The number of hydrogen-bond acceptors (Lipinski definition) is 5. The van der Waals surface area contributed by atoms with Crippen LogP contribution in [-0.2, 0) is 13.0 Å². The first-order valence-corrected chi connectivity index (χ1v) is 11.0. The van der Waals surface area contributed by atoms with Crippen LogP contribution in [0.5, 0.6) is 0 Å². The van der Waals surface area contributed by atoms with Crippen molar-refractivity contribution < 1.29 is 9.18 Å². The number of carbonyl (C=O) groups is 1. The Labute approximate surface area is 190 Å². The number of nitrogens with one attached hydrogen (secondary N) is 2. The molecule has 1 aromatic carbocycles. The van der Waals surface area contributed by atoms with Crippen LogP contribution in [0, 0.1) is 5.82 Å². The molecule has 0 bridgehead atoms. The number of rotatable bonds is 5.